The van der Waals surface area contributed by atoms with Gasteiger partial charge in [0.15, 0.2) is 5.78 Å². The largest absolute Gasteiger partial charge is 0.289 e. The van der Waals surface area contributed by atoms with E-state index in [0.29, 0.717) is 5.56 Å². The minimum atomic E-state index is -1.65. The third-order valence-electron chi connectivity index (χ3n) is 6.23. The van der Waals surface area contributed by atoms with Crippen molar-refractivity contribution in [3.63, 3.8) is 0 Å². The van der Waals surface area contributed by atoms with Crippen LogP contribution in [0.25, 0.3) is 11.1 Å². The second-order valence-corrected chi connectivity index (χ2v) is 22.0. The van der Waals surface area contributed by atoms with Crippen molar-refractivity contribution in [1.29, 1.82) is 0 Å². The molecule has 0 amide bonds. The van der Waals surface area contributed by atoms with Crippen molar-refractivity contribution in [2.24, 2.45) is 0 Å². The van der Waals surface area contributed by atoms with Crippen LogP contribution in [-0.4, -0.2) is 21.9 Å². The Morgan fingerprint density at radius 1 is 0.474 bits per heavy atom. The molecule has 0 radical (unpaired) electrons. The molecule has 0 aromatic heterocycles. The highest BCUT2D eigenvalue weighted by Crippen LogP contribution is 2.36. The Morgan fingerprint density at radius 2 is 0.816 bits per heavy atom. The van der Waals surface area contributed by atoms with E-state index < -0.39 is 16.1 Å². The molecule has 0 N–H and O–H groups in total. The molecule has 0 unspecified atom stereocenters. The number of carbonyl (C=O) groups is 1. The highest BCUT2D eigenvalue weighted by Gasteiger charge is 2.25. The molecule has 38 heavy (non-hydrogen) atoms. The topological polar surface area (TPSA) is 17.1 Å². The van der Waals surface area contributed by atoms with Gasteiger partial charge in [-0.3, -0.25) is 4.79 Å². The van der Waals surface area contributed by atoms with Crippen LogP contribution in [-0.2, 0) is 0 Å². The second-order valence-electron chi connectivity index (χ2n) is 12.0. The van der Waals surface area contributed by atoms with E-state index in [2.05, 4.69) is 117 Å². The molecule has 0 aliphatic rings. The monoisotopic (exact) mass is 530 g/mol. The predicted octanol–water partition coefficient (Wildman–Crippen LogP) is 9.54. The standard InChI is InChI=1S/C35H38OSi2/c1-37(2,3)25-32(27-17-10-7-11-18-27)30-23-16-24-31(34(30)35(36)29-21-14-9-15-22-29)33(26-38(4,5)6)28-19-12-8-13-20-28/h7-26H,1-6H3/b32-25+,33-26+. The zero-order valence-electron chi connectivity index (χ0n) is 23.5. The fraction of sp³-hybridized carbons (Fsp3) is 0.171. The molecule has 4 rings (SSSR count). The third kappa shape index (κ3) is 6.86. The molecule has 0 aliphatic heterocycles. The lowest BCUT2D eigenvalue weighted by Gasteiger charge is -2.23. The summed E-state index contributed by atoms with van der Waals surface area (Å²) in [5, 5.41) is 0. The van der Waals surface area contributed by atoms with E-state index in [1.807, 2.05) is 42.5 Å². The number of rotatable bonds is 8. The molecular weight excluding hydrogens is 493 g/mol. The number of carbonyl (C=O) groups excluding carboxylic acids is 1. The molecule has 4 aromatic carbocycles. The van der Waals surface area contributed by atoms with Gasteiger partial charge in [0.25, 0.3) is 0 Å². The summed E-state index contributed by atoms with van der Waals surface area (Å²) in [7, 11) is -3.30. The molecule has 4 aromatic rings. The molecule has 0 aliphatic carbocycles. The van der Waals surface area contributed by atoms with Gasteiger partial charge in [-0.25, -0.2) is 0 Å². The lowest BCUT2D eigenvalue weighted by Crippen LogP contribution is -2.19. The van der Waals surface area contributed by atoms with Gasteiger partial charge in [-0.15, -0.1) is 0 Å². The first-order valence-corrected chi connectivity index (χ1v) is 20.5. The van der Waals surface area contributed by atoms with Crippen LogP contribution in [0.15, 0.2) is 121 Å². The van der Waals surface area contributed by atoms with Gasteiger partial charge in [0.05, 0.1) is 16.1 Å². The van der Waals surface area contributed by atoms with Crippen LogP contribution in [0, 0.1) is 0 Å². The lowest BCUT2D eigenvalue weighted by molar-refractivity contribution is 0.103. The summed E-state index contributed by atoms with van der Waals surface area (Å²) in [4.78, 5) is 14.5. The highest BCUT2D eigenvalue weighted by atomic mass is 28.3. The normalized spacial score (nSPS) is 12.9. The van der Waals surface area contributed by atoms with Crippen molar-refractivity contribution in [2.75, 3.05) is 0 Å². The van der Waals surface area contributed by atoms with Crippen molar-refractivity contribution in [2.45, 2.75) is 39.3 Å². The summed E-state index contributed by atoms with van der Waals surface area (Å²) < 4.78 is 0. The van der Waals surface area contributed by atoms with Crippen LogP contribution in [0.4, 0.5) is 0 Å². The van der Waals surface area contributed by atoms with Crippen molar-refractivity contribution >= 4 is 33.1 Å². The SMILES string of the molecule is C[Si](C)(C)/C=C(\c1ccccc1)c1cccc(/C(=C/[Si](C)(C)C)c2ccccc2)c1C(=O)c1ccccc1. The summed E-state index contributed by atoms with van der Waals surface area (Å²) in [6, 6.07) is 37.1. The molecule has 3 heteroatoms. The van der Waals surface area contributed by atoms with Gasteiger partial charge in [0.2, 0.25) is 0 Å². The quantitative estimate of drug-likeness (QED) is 0.164. The highest BCUT2D eigenvalue weighted by molar-refractivity contribution is 6.82. The number of hydrogen-bond donors (Lipinski definition) is 0. The number of ketones is 1. The van der Waals surface area contributed by atoms with Gasteiger partial charge in [0, 0.05) is 11.1 Å². The summed E-state index contributed by atoms with van der Waals surface area (Å²) in [5.74, 6) is 0.0611. The maximum absolute atomic E-state index is 14.5. The maximum Gasteiger partial charge on any atom is 0.194 e. The average molecular weight is 531 g/mol. The summed E-state index contributed by atoms with van der Waals surface area (Å²) >= 11 is 0. The first kappa shape index (κ1) is 27.5. The van der Waals surface area contributed by atoms with Crippen molar-refractivity contribution < 1.29 is 4.79 Å². The average Bonchev–Trinajstić information content (AvgIpc) is 2.90. The molecule has 0 saturated heterocycles. The van der Waals surface area contributed by atoms with Crippen LogP contribution < -0.4 is 0 Å². The van der Waals surface area contributed by atoms with Crippen LogP contribution in [0.1, 0.15) is 38.2 Å². The second kappa shape index (κ2) is 11.5. The molecule has 0 bridgehead atoms. The van der Waals surface area contributed by atoms with Gasteiger partial charge in [-0.2, -0.15) is 0 Å². The number of hydrogen-bond acceptors (Lipinski definition) is 1. The lowest BCUT2D eigenvalue weighted by atomic mass is 9.84. The fourth-order valence-electron chi connectivity index (χ4n) is 4.71. The van der Waals surface area contributed by atoms with Crippen molar-refractivity contribution in [3.8, 4) is 0 Å². The first-order valence-electron chi connectivity index (χ1n) is 13.3. The molecule has 0 heterocycles. The Hall–Kier alpha value is -3.54. The van der Waals surface area contributed by atoms with Crippen molar-refractivity contribution in [1.82, 2.24) is 0 Å². The van der Waals surface area contributed by atoms with E-state index in [1.165, 1.54) is 0 Å². The fourth-order valence-corrected chi connectivity index (χ4v) is 7.09. The van der Waals surface area contributed by atoms with E-state index in [-0.39, 0.29) is 5.78 Å². The van der Waals surface area contributed by atoms with E-state index in [0.717, 1.165) is 39.0 Å². The minimum Gasteiger partial charge on any atom is -0.289 e. The van der Waals surface area contributed by atoms with Gasteiger partial charge >= 0.3 is 0 Å². The van der Waals surface area contributed by atoms with Crippen LogP contribution in [0.5, 0.6) is 0 Å². The minimum absolute atomic E-state index is 0.0611. The van der Waals surface area contributed by atoms with Gasteiger partial charge in [-0.1, -0.05) is 160 Å². The Balaban J connectivity index is 2.11. The van der Waals surface area contributed by atoms with Crippen LogP contribution in [0.2, 0.25) is 39.3 Å². The van der Waals surface area contributed by atoms with E-state index in [4.69, 9.17) is 0 Å². The smallest absolute Gasteiger partial charge is 0.194 e. The molecule has 1 nitrogen and oxygen atoms in total. The van der Waals surface area contributed by atoms with E-state index in [1.54, 1.807) is 0 Å². The first-order chi connectivity index (χ1) is 18.0. The summed E-state index contributed by atoms with van der Waals surface area (Å²) in [5.41, 5.74) is 12.9. The Bertz CT molecular complexity index is 1370. The third-order valence-corrected chi connectivity index (χ3v) is 8.54. The maximum atomic E-state index is 14.5. The van der Waals surface area contributed by atoms with E-state index in [9.17, 15) is 4.79 Å². The molecule has 0 fully saturated rings. The zero-order chi connectivity index (χ0) is 27.3. The summed E-state index contributed by atoms with van der Waals surface area (Å²) in [6.07, 6.45) is 0. The zero-order valence-corrected chi connectivity index (χ0v) is 25.5. The molecule has 0 atom stereocenters. The molecular formula is C35H38OSi2. The predicted molar refractivity (Wildman–Crippen MR) is 170 cm³/mol. The van der Waals surface area contributed by atoms with Gasteiger partial charge in [0.1, 0.15) is 0 Å². The Kier molecular flexibility index (Phi) is 8.30. The van der Waals surface area contributed by atoms with Crippen LogP contribution in [0.3, 0.4) is 0 Å². The van der Waals surface area contributed by atoms with Gasteiger partial charge < -0.3 is 0 Å². The Labute approximate surface area is 230 Å². The van der Waals surface area contributed by atoms with E-state index >= 15 is 0 Å². The summed E-state index contributed by atoms with van der Waals surface area (Å²) in [6.45, 7) is 14.1. The van der Waals surface area contributed by atoms with Crippen LogP contribution >= 0.6 is 0 Å². The molecule has 0 spiro atoms. The Morgan fingerprint density at radius 3 is 1.16 bits per heavy atom. The molecule has 0 saturated carbocycles. The number of benzene rings is 4. The van der Waals surface area contributed by atoms with Gasteiger partial charge in [-0.05, 0) is 33.4 Å². The molecule has 192 valence electrons. The van der Waals surface area contributed by atoms with Crippen molar-refractivity contribution in [3.05, 3.63) is 154 Å².